The lowest BCUT2D eigenvalue weighted by atomic mass is 9.47. The van der Waals surface area contributed by atoms with Crippen molar-refractivity contribution in [3.63, 3.8) is 0 Å². The zero-order valence-electron chi connectivity index (χ0n) is 14.8. The van der Waals surface area contributed by atoms with Crippen LogP contribution in [0.15, 0.2) is 11.6 Å². The van der Waals surface area contributed by atoms with E-state index in [-0.39, 0.29) is 16.9 Å². The Bertz CT molecular complexity index is 631. The number of hydrogen-bond acceptors (Lipinski definition) is 2. The molecule has 3 fully saturated rings. The minimum absolute atomic E-state index is 0.133. The van der Waals surface area contributed by atoms with Gasteiger partial charge in [-0.3, -0.25) is 0 Å². The molecule has 24 heavy (non-hydrogen) atoms. The maximum Gasteiger partial charge on any atom is 0.132 e. The SMILES string of the molecule is C[C@]12CC[C@@H](O)CC1=CC[C@@H]1[C@@H]2CC[C@@]2(C)[C@H]1CC[C@]2(O)C#CCl. The first-order chi connectivity index (χ1) is 11.3. The standard InChI is InChI=1S/C21H29ClO2/c1-19-8-5-15(23)13-14(19)3-4-16-17(19)6-9-20(2)18(16)7-10-21(20,24)11-12-22/h3,15-18,23-24H,4-10,13H2,1-2H3/t15-,16-,17+,18+,19+,20+,21+/m1/s1. The minimum atomic E-state index is -0.919. The second kappa shape index (κ2) is 5.50. The van der Waals surface area contributed by atoms with Gasteiger partial charge in [-0.25, -0.2) is 0 Å². The summed E-state index contributed by atoms with van der Waals surface area (Å²) in [6, 6.07) is 0. The average Bonchev–Trinajstić information content (AvgIpc) is 2.80. The van der Waals surface area contributed by atoms with Crippen molar-refractivity contribution in [2.45, 2.75) is 76.9 Å². The van der Waals surface area contributed by atoms with Crippen LogP contribution in [0.3, 0.4) is 0 Å². The maximum atomic E-state index is 11.2. The first kappa shape index (κ1) is 17.0. The number of fused-ring (bicyclic) bond motifs is 5. The second-order valence-corrected chi connectivity index (χ2v) is 9.42. The summed E-state index contributed by atoms with van der Waals surface area (Å²) in [6.45, 7) is 4.68. The summed E-state index contributed by atoms with van der Waals surface area (Å²) in [5, 5.41) is 23.7. The highest BCUT2D eigenvalue weighted by Crippen LogP contribution is 2.67. The highest BCUT2D eigenvalue weighted by atomic mass is 35.5. The van der Waals surface area contributed by atoms with Gasteiger partial charge in [0, 0.05) is 10.8 Å². The first-order valence-electron chi connectivity index (χ1n) is 9.57. The van der Waals surface area contributed by atoms with Crippen molar-refractivity contribution in [2.24, 2.45) is 28.6 Å². The fourth-order valence-corrected chi connectivity index (χ4v) is 7.10. The quantitative estimate of drug-likeness (QED) is 0.507. The largest absolute Gasteiger partial charge is 0.393 e. The van der Waals surface area contributed by atoms with E-state index in [4.69, 9.17) is 11.6 Å². The predicted molar refractivity (Wildman–Crippen MR) is 96.3 cm³/mol. The third-order valence-corrected chi connectivity index (χ3v) is 8.58. The molecule has 0 aromatic rings. The summed E-state index contributed by atoms with van der Waals surface area (Å²) in [4.78, 5) is 0. The molecule has 2 nitrogen and oxygen atoms in total. The highest BCUT2D eigenvalue weighted by Gasteiger charge is 2.63. The molecular weight excluding hydrogens is 320 g/mol. The monoisotopic (exact) mass is 348 g/mol. The summed E-state index contributed by atoms with van der Waals surface area (Å²) in [5.41, 5.74) is 0.701. The molecule has 4 aliphatic carbocycles. The molecule has 4 aliphatic rings. The summed E-state index contributed by atoms with van der Waals surface area (Å²) in [5.74, 6) is 4.81. The smallest absolute Gasteiger partial charge is 0.132 e. The topological polar surface area (TPSA) is 40.5 Å². The van der Waals surface area contributed by atoms with Crippen molar-refractivity contribution in [1.82, 2.24) is 0 Å². The van der Waals surface area contributed by atoms with E-state index in [1.165, 1.54) is 5.57 Å². The molecule has 0 radical (unpaired) electrons. The molecule has 0 bridgehead atoms. The molecule has 2 N–H and O–H groups in total. The van der Waals surface area contributed by atoms with Crippen LogP contribution in [0.2, 0.25) is 0 Å². The molecule has 7 atom stereocenters. The highest BCUT2D eigenvalue weighted by molar-refractivity contribution is 6.30. The van der Waals surface area contributed by atoms with Crippen LogP contribution < -0.4 is 0 Å². The molecule has 0 aromatic heterocycles. The van der Waals surface area contributed by atoms with Gasteiger partial charge in [-0.2, -0.15) is 0 Å². The van der Waals surface area contributed by atoms with Crippen LogP contribution in [0.4, 0.5) is 0 Å². The van der Waals surface area contributed by atoms with Gasteiger partial charge in [0.1, 0.15) is 5.60 Å². The summed E-state index contributed by atoms with van der Waals surface area (Å²) in [6.07, 6.45) is 10.3. The molecule has 3 heteroatoms. The molecule has 0 amide bonds. The third-order valence-electron chi connectivity index (χ3n) is 8.48. The lowest BCUT2D eigenvalue weighted by molar-refractivity contribution is -0.0970. The van der Waals surface area contributed by atoms with Gasteiger partial charge in [0.05, 0.1) is 6.10 Å². The van der Waals surface area contributed by atoms with Gasteiger partial charge in [0.2, 0.25) is 0 Å². The first-order valence-corrected chi connectivity index (χ1v) is 9.95. The number of rotatable bonds is 0. The van der Waals surface area contributed by atoms with Crippen LogP contribution in [0.25, 0.3) is 0 Å². The Morgan fingerprint density at radius 1 is 1.12 bits per heavy atom. The van der Waals surface area contributed by atoms with E-state index in [0.717, 1.165) is 51.4 Å². The second-order valence-electron chi connectivity index (χ2n) is 9.23. The van der Waals surface area contributed by atoms with E-state index in [1.54, 1.807) is 0 Å². The van der Waals surface area contributed by atoms with Crippen LogP contribution in [0.5, 0.6) is 0 Å². The normalized spacial score (nSPS) is 53.1. The molecule has 0 saturated heterocycles. The predicted octanol–water partition coefficient (Wildman–Crippen LogP) is 4.24. The number of allylic oxidation sites excluding steroid dienone is 1. The van der Waals surface area contributed by atoms with Crippen molar-refractivity contribution >= 4 is 11.6 Å². The summed E-state index contributed by atoms with van der Waals surface area (Å²) < 4.78 is 0. The van der Waals surface area contributed by atoms with Crippen LogP contribution in [0.1, 0.15) is 65.2 Å². The van der Waals surface area contributed by atoms with Crippen molar-refractivity contribution < 1.29 is 10.2 Å². The number of aliphatic hydroxyl groups is 2. The Morgan fingerprint density at radius 2 is 1.88 bits per heavy atom. The van der Waals surface area contributed by atoms with Gasteiger partial charge < -0.3 is 10.2 Å². The Balaban J connectivity index is 1.69. The van der Waals surface area contributed by atoms with E-state index in [1.807, 2.05) is 0 Å². The minimum Gasteiger partial charge on any atom is -0.393 e. The molecule has 4 rings (SSSR count). The van der Waals surface area contributed by atoms with Crippen molar-refractivity contribution in [1.29, 1.82) is 0 Å². The van der Waals surface area contributed by atoms with E-state index in [0.29, 0.717) is 17.8 Å². The van der Waals surface area contributed by atoms with Crippen LogP contribution >= 0.6 is 11.6 Å². The number of hydrogen-bond donors (Lipinski definition) is 2. The third kappa shape index (κ3) is 2.11. The maximum absolute atomic E-state index is 11.2. The van der Waals surface area contributed by atoms with Crippen LogP contribution in [-0.2, 0) is 0 Å². The van der Waals surface area contributed by atoms with Gasteiger partial charge in [0.15, 0.2) is 0 Å². The van der Waals surface area contributed by atoms with Crippen molar-refractivity contribution in [3.05, 3.63) is 11.6 Å². The Hall–Kier alpha value is -0.490. The molecule has 0 spiro atoms. The van der Waals surface area contributed by atoms with Gasteiger partial charge in [-0.05, 0) is 86.1 Å². The fraction of sp³-hybridized carbons (Fsp3) is 0.810. The van der Waals surface area contributed by atoms with Gasteiger partial charge in [-0.15, -0.1) is 0 Å². The number of aliphatic hydroxyl groups excluding tert-OH is 1. The Morgan fingerprint density at radius 3 is 2.62 bits per heavy atom. The van der Waals surface area contributed by atoms with E-state index in [2.05, 4.69) is 31.2 Å². The van der Waals surface area contributed by atoms with Crippen molar-refractivity contribution in [3.8, 4) is 11.3 Å². The summed E-state index contributed by atoms with van der Waals surface area (Å²) >= 11 is 5.67. The molecule has 132 valence electrons. The van der Waals surface area contributed by atoms with Crippen LogP contribution in [0, 0.1) is 39.9 Å². The molecular formula is C21H29ClO2. The van der Waals surface area contributed by atoms with Crippen molar-refractivity contribution in [2.75, 3.05) is 0 Å². The summed E-state index contributed by atoms with van der Waals surface area (Å²) in [7, 11) is 0. The van der Waals surface area contributed by atoms with Gasteiger partial charge in [-0.1, -0.05) is 31.4 Å². The Labute approximate surface area is 150 Å². The Kier molecular flexibility index (Phi) is 3.89. The van der Waals surface area contributed by atoms with Gasteiger partial charge in [0.25, 0.3) is 0 Å². The lowest BCUT2D eigenvalue weighted by Gasteiger charge is -2.58. The zero-order valence-corrected chi connectivity index (χ0v) is 15.6. The van der Waals surface area contributed by atoms with Crippen LogP contribution in [-0.4, -0.2) is 21.9 Å². The fourth-order valence-electron chi connectivity index (χ4n) is 6.94. The molecule has 0 heterocycles. The van der Waals surface area contributed by atoms with Gasteiger partial charge >= 0.3 is 0 Å². The molecule has 0 aromatic carbocycles. The van der Waals surface area contributed by atoms with E-state index >= 15 is 0 Å². The molecule has 3 saturated carbocycles. The average molecular weight is 349 g/mol. The van der Waals surface area contributed by atoms with E-state index < -0.39 is 5.60 Å². The van der Waals surface area contributed by atoms with E-state index in [9.17, 15) is 10.2 Å². The number of halogens is 1. The zero-order chi connectivity index (χ0) is 17.2. The molecule has 0 unspecified atom stereocenters. The lowest BCUT2D eigenvalue weighted by Crippen LogP contribution is -2.54. The molecule has 0 aliphatic heterocycles.